The number of rotatable bonds is 9. The number of benzene rings is 1. The van der Waals surface area contributed by atoms with Crippen LogP contribution in [0.25, 0.3) is 0 Å². The molecule has 6 heteroatoms. The zero-order valence-electron chi connectivity index (χ0n) is 14.5. The molecule has 0 heterocycles. The average molecular weight is 372 g/mol. The molecular formula is C18H26ClNO3S. The van der Waals surface area contributed by atoms with Gasteiger partial charge in [-0.2, -0.15) is 11.8 Å². The summed E-state index contributed by atoms with van der Waals surface area (Å²) in [5, 5.41) is 3.65. The number of aldehydes is 1. The van der Waals surface area contributed by atoms with Crippen molar-refractivity contribution in [2.75, 3.05) is 12.4 Å². The zero-order valence-corrected chi connectivity index (χ0v) is 16.1. The summed E-state index contributed by atoms with van der Waals surface area (Å²) < 4.78 is 5.34. The summed E-state index contributed by atoms with van der Waals surface area (Å²) >= 11 is 7.67. The largest absolute Gasteiger partial charge is 0.448 e. The molecule has 0 aliphatic heterocycles. The van der Waals surface area contributed by atoms with Crippen molar-refractivity contribution in [3.63, 3.8) is 0 Å². The highest BCUT2D eigenvalue weighted by Gasteiger charge is 2.17. The Morgan fingerprint density at radius 2 is 2.17 bits per heavy atom. The molecule has 0 aliphatic carbocycles. The van der Waals surface area contributed by atoms with Crippen LogP contribution >= 0.6 is 23.4 Å². The second-order valence-corrected chi connectivity index (χ2v) is 8.43. The third-order valence-electron chi connectivity index (χ3n) is 3.11. The molecule has 0 aromatic heterocycles. The normalized spacial score (nSPS) is 12.5. The van der Waals surface area contributed by atoms with Crippen LogP contribution < -0.4 is 5.32 Å². The van der Waals surface area contributed by atoms with E-state index in [0.717, 1.165) is 35.5 Å². The molecular weight excluding hydrogens is 346 g/mol. The molecule has 0 aliphatic rings. The van der Waals surface area contributed by atoms with E-state index in [-0.39, 0.29) is 10.8 Å². The molecule has 0 bridgehead atoms. The molecule has 1 unspecified atom stereocenters. The maximum absolute atomic E-state index is 11.8. The van der Waals surface area contributed by atoms with E-state index < -0.39 is 6.09 Å². The van der Waals surface area contributed by atoms with Crippen molar-refractivity contribution in [3.05, 3.63) is 34.9 Å². The lowest BCUT2D eigenvalue weighted by Gasteiger charge is -2.22. The van der Waals surface area contributed by atoms with Gasteiger partial charge in [-0.15, -0.1) is 0 Å². The summed E-state index contributed by atoms with van der Waals surface area (Å²) in [4.78, 5) is 22.3. The van der Waals surface area contributed by atoms with E-state index in [1.807, 2.05) is 45.0 Å². The van der Waals surface area contributed by atoms with E-state index >= 15 is 0 Å². The van der Waals surface area contributed by atoms with Gasteiger partial charge >= 0.3 is 6.09 Å². The Hall–Kier alpha value is -1.20. The summed E-state index contributed by atoms with van der Waals surface area (Å²) in [6.45, 7) is 6.04. The fourth-order valence-corrected chi connectivity index (χ4v) is 3.26. The number of carbonyl (C=O) groups is 2. The second kappa shape index (κ2) is 10.6. The van der Waals surface area contributed by atoms with E-state index in [1.165, 1.54) is 0 Å². The van der Waals surface area contributed by atoms with Crippen LogP contribution in [0.1, 0.15) is 39.2 Å². The Morgan fingerprint density at radius 1 is 1.42 bits per heavy atom. The number of ether oxygens (including phenoxy) is 1. The van der Waals surface area contributed by atoms with Crippen LogP contribution in [0.3, 0.4) is 0 Å². The van der Waals surface area contributed by atoms with Gasteiger partial charge in [0.1, 0.15) is 12.9 Å². The Balaban J connectivity index is 2.50. The number of hydrogen-bond acceptors (Lipinski definition) is 4. The molecule has 1 rings (SSSR count). The first kappa shape index (κ1) is 20.8. The lowest BCUT2D eigenvalue weighted by molar-refractivity contribution is -0.107. The number of aryl methyl sites for hydroxylation is 1. The predicted molar refractivity (Wildman–Crippen MR) is 101 cm³/mol. The highest BCUT2D eigenvalue weighted by molar-refractivity contribution is 7.99. The molecule has 1 aromatic rings. The number of carbonyl (C=O) groups excluding carboxylic acids is 2. The quantitative estimate of drug-likeness (QED) is 0.513. The Morgan fingerprint density at radius 3 is 2.79 bits per heavy atom. The fraction of sp³-hybridized carbons (Fsp3) is 0.556. The zero-order chi connectivity index (χ0) is 18.0. The Bertz CT molecular complexity index is 531. The number of thioether (sulfide) groups is 1. The molecule has 0 saturated carbocycles. The van der Waals surface area contributed by atoms with E-state index in [0.29, 0.717) is 13.0 Å². The SMILES string of the molecule is CC(C)(C)NC(=O)OCC(CCc1cccc(Cl)c1)SCCC=O. The van der Waals surface area contributed by atoms with Crippen molar-refractivity contribution < 1.29 is 14.3 Å². The maximum Gasteiger partial charge on any atom is 0.407 e. The molecule has 0 radical (unpaired) electrons. The van der Waals surface area contributed by atoms with Crippen molar-refractivity contribution in [3.8, 4) is 0 Å². The molecule has 0 spiro atoms. The highest BCUT2D eigenvalue weighted by atomic mass is 35.5. The van der Waals surface area contributed by atoms with Gasteiger partial charge in [0, 0.05) is 28.0 Å². The van der Waals surface area contributed by atoms with Crippen LogP contribution in [0.4, 0.5) is 4.79 Å². The van der Waals surface area contributed by atoms with Crippen molar-refractivity contribution >= 4 is 35.7 Å². The Labute approximate surface area is 153 Å². The summed E-state index contributed by atoms with van der Waals surface area (Å²) in [6.07, 6.45) is 2.71. The van der Waals surface area contributed by atoms with Crippen molar-refractivity contribution in [2.24, 2.45) is 0 Å². The number of nitrogens with one attached hydrogen (secondary N) is 1. The van der Waals surface area contributed by atoms with Crippen LogP contribution in [0.5, 0.6) is 0 Å². The van der Waals surface area contributed by atoms with E-state index in [9.17, 15) is 9.59 Å². The molecule has 24 heavy (non-hydrogen) atoms. The third kappa shape index (κ3) is 9.83. The molecule has 1 N–H and O–H groups in total. The van der Waals surface area contributed by atoms with Gasteiger partial charge in [0.2, 0.25) is 0 Å². The van der Waals surface area contributed by atoms with Crippen LogP contribution in [0, 0.1) is 0 Å². The van der Waals surface area contributed by atoms with E-state index in [1.54, 1.807) is 11.8 Å². The lowest BCUT2D eigenvalue weighted by atomic mass is 10.1. The topological polar surface area (TPSA) is 55.4 Å². The van der Waals surface area contributed by atoms with Crippen molar-refractivity contribution in [1.29, 1.82) is 0 Å². The first-order valence-corrected chi connectivity index (χ1v) is 9.47. The molecule has 0 saturated heterocycles. The molecule has 4 nitrogen and oxygen atoms in total. The fourth-order valence-electron chi connectivity index (χ4n) is 2.03. The van der Waals surface area contributed by atoms with Gasteiger partial charge in [0.15, 0.2) is 0 Å². The summed E-state index contributed by atoms with van der Waals surface area (Å²) in [6, 6.07) is 7.76. The number of halogens is 1. The summed E-state index contributed by atoms with van der Waals surface area (Å²) in [7, 11) is 0. The van der Waals surface area contributed by atoms with Gasteiger partial charge < -0.3 is 14.8 Å². The minimum atomic E-state index is -0.411. The van der Waals surface area contributed by atoms with Crippen LogP contribution in [0.15, 0.2) is 24.3 Å². The standard InChI is InChI=1S/C18H26ClNO3S/c1-18(2,3)20-17(22)23-13-16(24-11-5-10-21)9-8-14-6-4-7-15(19)12-14/h4,6-7,10,12,16H,5,8-9,11,13H2,1-3H3,(H,20,22). The average Bonchev–Trinajstić information content (AvgIpc) is 2.48. The Kier molecular flexibility index (Phi) is 9.22. The van der Waals surface area contributed by atoms with Crippen LogP contribution in [-0.4, -0.2) is 35.5 Å². The monoisotopic (exact) mass is 371 g/mol. The second-order valence-electron chi connectivity index (χ2n) is 6.59. The third-order valence-corrected chi connectivity index (χ3v) is 4.66. The van der Waals surface area contributed by atoms with Crippen LogP contribution in [0.2, 0.25) is 5.02 Å². The minimum Gasteiger partial charge on any atom is -0.448 e. The van der Waals surface area contributed by atoms with Crippen molar-refractivity contribution in [1.82, 2.24) is 5.32 Å². The molecule has 1 amide bonds. The van der Waals surface area contributed by atoms with E-state index in [4.69, 9.17) is 16.3 Å². The van der Waals surface area contributed by atoms with E-state index in [2.05, 4.69) is 5.32 Å². The predicted octanol–water partition coefficient (Wildman–Crippen LogP) is 4.49. The van der Waals surface area contributed by atoms with Gasteiger partial charge in [-0.3, -0.25) is 0 Å². The molecule has 134 valence electrons. The van der Waals surface area contributed by atoms with Crippen LogP contribution in [-0.2, 0) is 16.0 Å². The number of alkyl carbamates (subject to hydrolysis) is 1. The number of hydrogen-bond donors (Lipinski definition) is 1. The maximum atomic E-state index is 11.8. The molecule has 0 fully saturated rings. The first-order valence-electron chi connectivity index (χ1n) is 8.05. The van der Waals surface area contributed by atoms with Gasteiger partial charge in [0.05, 0.1) is 0 Å². The lowest BCUT2D eigenvalue weighted by Crippen LogP contribution is -2.41. The van der Waals surface area contributed by atoms with Gasteiger partial charge in [-0.25, -0.2) is 4.79 Å². The highest BCUT2D eigenvalue weighted by Crippen LogP contribution is 2.20. The van der Waals surface area contributed by atoms with Crippen molar-refractivity contribution in [2.45, 2.75) is 50.8 Å². The smallest absolute Gasteiger partial charge is 0.407 e. The molecule has 1 aromatic carbocycles. The van der Waals surface area contributed by atoms with Gasteiger partial charge in [0.25, 0.3) is 0 Å². The summed E-state index contributed by atoms with van der Waals surface area (Å²) in [5.74, 6) is 0.730. The minimum absolute atomic E-state index is 0.148. The number of amides is 1. The summed E-state index contributed by atoms with van der Waals surface area (Å²) in [5.41, 5.74) is 0.834. The first-order chi connectivity index (χ1) is 11.3. The molecule has 1 atom stereocenters. The van der Waals surface area contributed by atoms with Gasteiger partial charge in [-0.05, 0) is 51.3 Å². The van der Waals surface area contributed by atoms with Gasteiger partial charge in [-0.1, -0.05) is 23.7 Å².